The Morgan fingerprint density at radius 1 is 1.33 bits per heavy atom. The van der Waals surface area contributed by atoms with Gasteiger partial charge in [-0.25, -0.2) is 8.42 Å². The number of benzene rings is 1. The number of ether oxygens (including phenoxy) is 2. The molecule has 0 radical (unpaired) electrons. The Morgan fingerprint density at radius 2 is 2.11 bits per heavy atom. The molecule has 2 aromatic rings. The molecule has 1 fully saturated rings. The van der Waals surface area contributed by atoms with Crippen molar-refractivity contribution in [1.29, 1.82) is 0 Å². The zero-order valence-corrected chi connectivity index (χ0v) is 16.5. The van der Waals surface area contributed by atoms with E-state index in [1.807, 2.05) is 0 Å². The van der Waals surface area contributed by atoms with Gasteiger partial charge in [-0.05, 0) is 38.1 Å². The lowest BCUT2D eigenvalue weighted by atomic mass is 10.0. The molecule has 1 unspecified atom stereocenters. The first kappa shape index (κ1) is 19.4. The van der Waals surface area contributed by atoms with Crippen molar-refractivity contribution in [1.82, 2.24) is 4.57 Å². The van der Waals surface area contributed by atoms with E-state index in [2.05, 4.69) is 4.72 Å². The second-order valence-electron chi connectivity index (χ2n) is 6.65. The van der Waals surface area contributed by atoms with Crippen LogP contribution in [0.15, 0.2) is 35.3 Å². The van der Waals surface area contributed by atoms with Gasteiger partial charge in [0.1, 0.15) is 11.9 Å². The number of aromatic nitrogens is 1. The largest absolute Gasteiger partial charge is 0.487 e. The monoisotopic (exact) mass is 392 g/mol. The number of hydrogen-bond acceptors (Lipinski definition) is 5. The van der Waals surface area contributed by atoms with Crippen LogP contribution in [0.1, 0.15) is 18.9 Å². The Bertz CT molecular complexity index is 965. The van der Waals surface area contributed by atoms with Gasteiger partial charge >= 0.3 is 0 Å². The van der Waals surface area contributed by atoms with Gasteiger partial charge in [0, 0.05) is 42.0 Å². The first-order valence-electron chi connectivity index (χ1n) is 8.85. The van der Waals surface area contributed by atoms with Crippen LogP contribution in [-0.4, -0.2) is 38.1 Å². The van der Waals surface area contributed by atoms with Crippen molar-refractivity contribution in [2.75, 3.05) is 23.7 Å². The summed E-state index contributed by atoms with van der Waals surface area (Å²) >= 11 is 0. The first-order valence-corrected chi connectivity index (χ1v) is 10.5. The van der Waals surface area contributed by atoms with Gasteiger partial charge in [-0.15, -0.1) is 0 Å². The van der Waals surface area contributed by atoms with Crippen LogP contribution in [-0.2, 0) is 21.8 Å². The molecular formula is C19H24N2O5S. The van der Waals surface area contributed by atoms with Crippen molar-refractivity contribution in [2.24, 2.45) is 7.05 Å². The van der Waals surface area contributed by atoms with E-state index in [9.17, 15) is 13.2 Å². The maximum absolute atomic E-state index is 12.0. The fourth-order valence-corrected chi connectivity index (χ4v) is 3.61. The number of rotatable bonds is 6. The molecule has 27 heavy (non-hydrogen) atoms. The van der Waals surface area contributed by atoms with Gasteiger partial charge in [0.15, 0.2) is 0 Å². The van der Waals surface area contributed by atoms with Crippen LogP contribution in [0.3, 0.4) is 0 Å². The third kappa shape index (κ3) is 4.51. The van der Waals surface area contributed by atoms with Crippen molar-refractivity contribution in [3.63, 3.8) is 0 Å². The molecule has 7 nitrogen and oxygen atoms in total. The number of sulfonamides is 1. The molecule has 8 heteroatoms. The van der Waals surface area contributed by atoms with Crippen molar-refractivity contribution in [3.05, 3.63) is 46.4 Å². The zero-order chi connectivity index (χ0) is 19.6. The fraction of sp³-hybridized carbons (Fsp3) is 0.421. The van der Waals surface area contributed by atoms with E-state index in [0.717, 1.165) is 17.5 Å². The quantitative estimate of drug-likeness (QED) is 0.815. The van der Waals surface area contributed by atoms with Crippen LogP contribution in [0.5, 0.6) is 5.75 Å². The predicted octanol–water partition coefficient (Wildman–Crippen LogP) is 2.29. The summed E-state index contributed by atoms with van der Waals surface area (Å²) in [5.74, 6) is 0.613. The van der Waals surface area contributed by atoms with Gasteiger partial charge < -0.3 is 14.0 Å². The average Bonchev–Trinajstić information content (AvgIpc) is 3.13. The van der Waals surface area contributed by atoms with Crippen molar-refractivity contribution >= 4 is 15.7 Å². The lowest BCUT2D eigenvalue weighted by Crippen LogP contribution is -2.19. The Kier molecular flexibility index (Phi) is 5.57. The molecule has 1 aliphatic heterocycles. The van der Waals surface area contributed by atoms with Crippen LogP contribution >= 0.6 is 0 Å². The van der Waals surface area contributed by atoms with Crippen LogP contribution in [0.4, 0.5) is 5.69 Å². The summed E-state index contributed by atoms with van der Waals surface area (Å²) in [6, 6.07) is 6.95. The third-order valence-electron chi connectivity index (χ3n) is 4.49. The Hall–Kier alpha value is -2.32. The standard InChI is InChI=1S/C19H24N2O5S/c1-4-27(23,24)20-15-5-6-18(26-16-7-8-25-12-16)17(10-15)14-9-13(2)19(22)21(3)11-14/h5-6,9-11,16,20H,4,7-8,12H2,1-3H3. The van der Waals surface area contributed by atoms with Gasteiger partial charge in [-0.2, -0.15) is 0 Å². The molecule has 3 rings (SSSR count). The molecular weight excluding hydrogens is 368 g/mol. The molecule has 146 valence electrons. The highest BCUT2D eigenvalue weighted by atomic mass is 32.2. The molecule has 1 aromatic heterocycles. The SMILES string of the molecule is CCS(=O)(=O)Nc1ccc(OC2CCOC2)c(-c2cc(C)c(=O)n(C)c2)c1. The summed E-state index contributed by atoms with van der Waals surface area (Å²) in [7, 11) is -1.71. The predicted molar refractivity (Wildman–Crippen MR) is 105 cm³/mol. The number of nitrogens with zero attached hydrogens (tertiary/aromatic N) is 1. The van der Waals surface area contributed by atoms with E-state index in [1.165, 1.54) is 4.57 Å². The van der Waals surface area contributed by atoms with Crippen molar-refractivity contribution < 1.29 is 17.9 Å². The fourth-order valence-electron chi connectivity index (χ4n) is 2.98. The molecule has 2 heterocycles. The van der Waals surface area contributed by atoms with Gasteiger partial charge in [-0.1, -0.05) is 0 Å². The number of pyridine rings is 1. The number of aryl methyl sites for hydroxylation is 2. The molecule has 0 amide bonds. The summed E-state index contributed by atoms with van der Waals surface area (Å²) in [4.78, 5) is 12.0. The molecule has 0 saturated carbocycles. The lowest BCUT2D eigenvalue weighted by Gasteiger charge is -2.18. The molecule has 1 N–H and O–H groups in total. The van der Waals surface area contributed by atoms with E-state index in [0.29, 0.717) is 30.2 Å². The molecule has 1 aromatic carbocycles. The highest BCUT2D eigenvalue weighted by molar-refractivity contribution is 7.92. The van der Waals surface area contributed by atoms with E-state index in [-0.39, 0.29) is 17.4 Å². The Balaban J connectivity index is 2.07. The van der Waals surface area contributed by atoms with Crippen LogP contribution in [0, 0.1) is 6.92 Å². The smallest absolute Gasteiger partial charge is 0.253 e. The summed E-state index contributed by atoms with van der Waals surface area (Å²) < 4.78 is 39.4. The summed E-state index contributed by atoms with van der Waals surface area (Å²) in [5.41, 5.74) is 2.48. The molecule has 1 saturated heterocycles. The summed E-state index contributed by atoms with van der Waals surface area (Å²) in [6.45, 7) is 4.52. The van der Waals surface area contributed by atoms with E-state index in [1.54, 1.807) is 51.4 Å². The molecule has 0 bridgehead atoms. The normalized spacial score (nSPS) is 17.1. The summed E-state index contributed by atoms with van der Waals surface area (Å²) in [5, 5.41) is 0. The minimum Gasteiger partial charge on any atom is -0.487 e. The topological polar surface area (TPSA) is 86.6 Å². The number of anilines is 1. The molecule has 1 aliphatic rings. The molecule has 0 spiro atoms. The Labute approximate surface area is 159 Å². The van der Waals surface area contributed by atoms with Gasteiger partial charge in [0.25, 0.3) is 5.56 Å². The van der Waals surface area contributed by atoms with Gasteiger partial charge in [0.2, 0.25) is 10.0 Å². The van der Waals surface area contributed by atoms with Gasteiger partial charge in [0.05, 0.1) is 19.0 Å². The molecule has 0 aliphatic carbocycles. The van der Waals surface area contributed by atoms with Crippen molar-refractivity contribution in [3.8, 4) is 16.9 Å². The van der Waals surface area contributed by atoms with E-state index in [4.69, 9.17) is 9.47 Å². The first-order chi connectivity index (χ1) is 12.8. The van der Waals surface area contributed by atoms with E-state index < -0.39 is 10.0 Å². The Morgan fingerprint density at radius 3 is 2.74 bits per heavy atom. The lowest BCUT2D eigenvalue weighted by molar-refractivity contribution is 0.142. The minimum atomic E-state index is -3.40. The van der Waals surface area contributed by atoms with Crippen LogP contribution in [0.25, 0.3) is 11.1 Å². The highest BCUT2D eigenvalue weighted by Crippen LogP contribution is 2.34. The number of nitrogens with one attached hydrogen (secondary N) is 1. The third-order valence-corrected chi connectivity index (χ3v) is 5.79. The van der Waals surface area contributed by atoms with Gasteiger partial charge in [-0.3, -0.25) is 9.52 Å². The van der Waals surface area contributed by atoms with Crippen molar-refractivity contribution in [2.45, 2.75) is 26.4 Å². The second kappa shape index (κ2) is 7.74. The maximum atomic E-state index is 12.0. The number of hydrogen-bond donors (Lipinski definition) is 1. The van der Waals surface area contributed by atoms with Crippen LogP contribution < -0.4 is 15.0 Å². The maximum Gasteiger partial charge on any atom is 0.253 e. The second-order valence-corrected chi connectivity index (χ2v) is 8.66. The van der Waals surface area contributed by atoms with E-state index >= 15 is 0 Å². The zero-order valence-electron chi connectivity index (χ0n) is 15.7. The minimum absolute atomic E-state index is 0.0149. The average molecular weight is 392 g/mol. The molecule has 1 atom stereocenters. The summed E-state index contributed by atoms with van der Waals surface area (Å²) in [6.07, 6.45) is 2.48. The van der Waals surface area contributed by atoms with Crippen LogP contribution in [0.2, 0.25) is 0 Å². The highest BCUT2D eigenvalue weighted by Gasteiger charge is 2.20.